The summed E-state index contributed by atoms with van der Waals surface area (Å²) in [5.74, 6) is 0.0273. The molecule has 1 heterocycles. The van der Waals surface area contributed by atoms with Gasteiger partial charge in [0.25, 0.3) is 0 Å². The summed E-state index contributed by atoms with van der Waals surface area (Å²) in [4.78, 5) is 13.2. The molecule has 2 rings (SSSR count). The van der Waals surface area contributed by atoms with Crippen LogP contribution in [0.4, 0.5) is 10.7 Å². The van der Waals surface area contributed by atoms with Gasteiger partial charge in [-0.15, -0.1) is 23.1 Å². The number of Topliss-reactive ketones (excluding diaryl/α,β-unsaturated/α-hetero) is 1. The molecule has 21 heavy (non-hydrogen) atoms. The van der Waals surface area contributed by atoms with Crippen LogP contribution in [0.5, 0.6) is 0 Å². The predicted octanol–water partition coefficient (Wildman–Crippen LogP) is 4.22. The molecule has 1 aromatic heterocycles. The van der Waals surface area contributed by atoms with Gasteiger partial charge in [0.05, 0.1) is 15.5 Å². The molecule has 5 heteroatoms. The number of ketones is 1. The minimum absolute atomic E-state index is 0.0273. The van der Waals surface area contributed by atoms with E-state index in [-0.39, 0.29) is 5.78 Å². The van der Waals surface area contributed by atoms with E-state index in [4.69, 9.17) is 5.73 Å². The molecule has 0 spiro atoms. The van der Waals surface area contributed by atoms with Crippen molar-refractivity contribution in [3.05, 3.63) is 40.3 Å². The molecule has 0 aliphatic heterocycles. The highest BCUT2D eigenvalue weighted by Crippen LogP contribution is 2.41. The molecule has 0 aliphatic rings. The first-order chi connectivity index (χ1) is 10.0. The first-order valence-electron chi connectivity index (χ1n) is 6.79. The standard InChI is InChI=1S/C16H20N2OS2/c1-10-5-4-6-12(9-10)7-8-18-16-15(20-3)13(17)14(21-16)11(2)19/h4-6,9,18H,7-8,17H2,1-3H3. The van der Waals surface area contributed by atoms with Crippen LogP contribution in [-0.4, -0.2) is 18.6 Å². The topological polar surface area (TPSA) is 55.1 Å². The third-order valence-electron chi connectivity index (χ3n) is 3.21. The van der Waals surface area contributed by atoms with Crippen LogP contribution >= 0.6 is 23.1 Å². The summed E-state index contributed by atoms with van der Waals surface area (Å²) in [6.45, 7) is 4.49. The smallest absolute Gasteiger partial charge is 0.171 e. The predicted molar refractivity (Wildman–Crippen MR) is 93.9 cm³/mol. The van der Waals surface area contributed by atoms with E-state index >= 15 is 0 Å². The number of nitrogens with two attached hydrogens (primary N) is 1. The number of thioether (sulfide) groups is 1. The number of benzene rings is 1. The number of nitrogens with one attached hydrogen (secondary N) is 1. The highest BCUT2D eigenvalue weighted by Gasteiger charge is 2.17. The van der Waals surface area contributed by atoms with E-state index in [9.17, 15) is 4.79 Å². The molecule has 0 amide bonds. The van der Waals surface area contributed by atoms with Crippen LogP contribution in [0.25, 0.3) is 0 Å². The lowest BCUT2D eigenvalue weighted by molar-refractivity contribution is 0.102. The fourth-order valence-corrected chi connectivity index (χ4v) is 4.15. The van der Waals surface area contributed by atoms with Crippen LogP contribution in [-0.2, 0) is 6.42 Å². The van der Waals surface area contributed by atoms with Gasteiger partial charge < -0.3 is 11.1 Å². The molecule has 0 saturated carbocycles. The summed E-state index contributed by atoms with van der Waals surface area (Å²) in [5, 5.41) is 4.41. The van der Waals surface area contributed by atoms with Gasteiger partial charge >= 0.3 is 0 Å². The Bertz CT molecular complexity index is 650. The van der Waals surface area contributed by atoms with Crippen LogP contribution < -0.4 is 11.1 Å². The molecule has 2 aromatic rings. The fourth-order valence-electron chi connectivity index (χ4n) is 2.20. The highest BCUT2D eigenvalue weighted by atomic mass is 32.2. The summed E-state index contributed by atoms with van der Waals surface area (Å²) < 4.78 is 0. The Kier molecular flexibility index (Phi) is 5.31. The molecule has 112 valence electrons. The average Bonchev–Trinajstić information content (AvgIpc) is 2.75. The molecule has 0 saturated heterocycles. The number of carbonyl (C=O) groups excluding carboxylic acids is 1. The van der Waals surface area contributed by atoms with Gasteiger partial charge in [0.15, 0.2) is 5.78 Å². The second-order valence-corrected chi connectivity index (χ2v) is 6.77. The van der Waals surface area contributed by atoms with E-state index in [2.05, 4.69) is 36.5 Å². The third kappa shape index (κ3) is 3.80. The largest absolute Gasteiger partial charge is 0.396 e. The number of hydrogen-bond donors (Lipinski definition) is 2. The highest BCUT2D eigenvalue weighted by molar-refractivity contribution is 7.99. The first-order valence-corrected chi connectivity index (χ1v) is 8.83. The minimum atomic E-state index is 0.0273. The van der Waals surface area contributed by atoms with E-state index in [1.54, 1.807) is 18.7 Å². The van der Waals surface area contributed by atoms with E-state index in [1.165, 1.54) is 22.5 Å². The summed E-state index contributed by atoms with van der Waals surface area (Å²) >= 11 is 3.03. The maximum Gasteiger partial charge on any atom is 0.171 e. The second kappa shape index (κ2) is 7.00. The lowest BCUT2D eigenvalue weighted by Crippen LogP contribution is -2.04. The maximum atomic E-state index is 11.6. The van der Waals surface area contributed by atoms with Crippen molar-refractivity contribution in [1.82, 2.24) is 0 Å². The number of aryl methyl sites for hydroxylation is 1. The summed E-state index contributed by atoms with van der Waals surface area (Å²) in [6, 6.07) is 8.51. The van der Waals surface area contributed by atoms with E-state index in [0.717, 1.165) is 22.9 Å². The van der Waals surface area contributed by atoms with Gasteiger partial charge in [-0.05, 0) is 25.2 Å². The van der Waals surface area contributed by atoms with Crippen molar-refractivity contribution in [1.29, 1.82) is 0 Å². The van der Waals surface area contributed by atoms with Crippen LogP contribution in [0.3, 0.4) is 0 Å². The summed E-state index contributed by atoms with van der Waals surface area (Å²) in [5.41, 5.74) is 9.24. The first kappa shape index (κ1) is 15.9. The van der Waals surface area contributed by atoms with Crippen LogP contribution in [0, 0.1) is 6.92 Å². The lowest BCUT2D eigenvalue weighted by Gasteiger charge is -2.07. The number of thiophene rings is 1. The number of rotatable bonds is 6. The summed E-state index contributed by atoms with van der Waals surface area (Å²) in [7, 11) is 0. The van der Waals surface area contributed by atoms with Gasteiger partial charge in [0.2, 0.25) is 0 Å². The molecule has 0 radical (unpaired) electrons. The van der Waals surface area contributed by atoms with Gasteiger partial charge in [-0.25, -0.2) is 0 Å². The normalized spacial score (nSPS) is 10.6. The van der Waals surface area contributed by atoms with Crippen LogP contribution in [0.2, 0.25) is 0 Å². The Balaban J connectivity index is 2.06. The van der Waals surface area contributed by atoms with Gasteiger partial charge in [-0.1, -0.05) is 29.8 Å². The van der Waals surface area contributed by atoms with Crippen LogP contribution in [0.1, 0.15) is 27.7 Å². The van der Waals surface area contributed by atoms with Gasteiger partial charge in [0.1, 0.15) is 5.00 Å². The van der Waals surface area contributed by atoms with E-state index in [1.807, 2.05) is 6.26 Å². The van der Waals surface area contributed by atoms with E-state index < -0.39 is 0 Å². The molecule has 0 unspecified atom stereocenters. The Morgan fingerprint density at radius 1 is 1.43 bits per heavy atom. The van der Waals surface area contributed by atoms with Crippen molar-refractivity contribution in [3.8, 4) is 0 Å². The third-order valence-corrected chi connectivity index (χ3v) is 5.43. The monoisotopic (exact) mass is 320 g/mol. The molecule has 3 N–H and O–H groups in total. The Morgan fingerprint density at radius 2 is 2.19 bits per heavy atom. The van der Waals surface area contributed by atoms with E-state index in [0.29, 0.717) is 10.6 Å². The second-order valence-electron chi connectivity index (χ2n) is 4.93. The van der Waals surface area contributed by atoms with Gasteiger partial charge in [0, 0.05) is 13.5 Å². The minimum Gasteiger partial charge on any atom is -0.396 e. The summed E-state index contributed by atoms with van der Waals surface area (Å²) in [6.07, 6.45) is 2.93. The Labute approximate surface area is 133 Å². The van der Waals surface area contributed by atoms with Crippen molar-refractivity contribution in [2.75, 3.05) is 23.9 Å². The maximum absolute atomic E-state index is 11.6. The zero-order chi connectivity index (χ0) is 15.4. The molecule has 1 aromatic carbocycles. The molecule has 0 atom stereocenters. The molecule has 0 aliphatic carbocycles. The molecule has 3 nitrogen and oxygen atoms in total. The average molecular weight is 320 g/mol. The quantitative estimate of drug-likeness (QED) is 0.618. The van der Waals surface area contributed by atoms with Crippen molar-refractivity contribution in [2.24, 2.45) is 0 Å². The SMILES string of the molecule is CSc1c(NCCc2cccc(C)c2)sc(C(C)=O)c1N. The Hall–Kier alpha value is -1.46. The zero-order valence-corrected chi connectivity index (χ0v) is 14.2. The number of nitrogen functional groups attached to an aromatic ring is 1. The Morgan fingerprint density at radius 3 is 2.81 bits per heavy atom. The molecular weight excluding hydrogens is 300 g/mol. The van der Waals surface area contributed by atoms with Crippen molar-refractivity contribution in [3.63, 3.8) is 0 Å². The van der Waals surface area contributed by atoms with Crippen LogP contribution in [0.15, 0.2) is 29.2 Å². The fraction of sp³-hybridized carbons (Fsp3) is 0.312. The zero-order valence-electron chi connectivity index (χ0n) is 12.5. The molecule has 0 fully saturated rings. The number of hydrogen-bond acceptors (Lipinski definition) is 5. The lowest BCUT2D eigenvalue weighted by atomic mass is 10.1. The van der Waals surface area contributed by atoms with Crippen molar-refractivity contribution in [2.45, 2.75) is 25.2 Å². The van der Waals surface area contributed by atoms with Gasteiger partial charge in [-0.3, -0.25) is 4.79 Å². The molecular formula is C16H20N2OS2. The number of anilines is 2. The number of carbonyl (C=O) groups is 1. The van der Waals surface area contributed by atoms with Crippen molar-refractivity contribution < 1.29 is 4.79 Å². The molecule has 0 bridgehead atoms. The van der Waals surface area contributed by atoms with Crippen molar-refractivity contribution >= 4 is 39.6 Å². The van der Waals surface area contributed by atoms with Gasteiger partial charge in [-0.2, -0.15) is 0 Å².